The SMILES string of the molecule is Cc1ccccc1[C@@H](C)NCc1cn2cc(Cl)ccc2n1. The number of rotatable bonds is 4. The second-order valence-electron chi connectivity index (χ2n) is 5.30. The van der Waals surface area contributed by atoms with Crippen molar-refractivity contribution in [3.63, 3.8) is 0 Å². The minimum absolute atomic E-state index is 0.291. The fourth-order valence-corrected chi connectivity index (χ4v) is 2.71. The molecule has 0 saturated carbocycles. The molecule has 0 aliphatic carbocycles. The van der Waals surface area contributed by atoms with E-state index in [9.17, 15) is 0 Å². The molecule has 1 N–H and O–H groups in total. The third-order valence-electron chi connectivity index (χ3n) is 3.71. The van der Waals surface area contributed by atoms with Crippen LogP contribution in [-0.4, -0.2) is 9.38 Å². The van der Waals surface area contributed by atoms with Gasteiger partial charge in [-0.2, -0.15) is 0 Å². The Kier molecular flexibility index (Phi) is 3.95. The highest BCUT2D eigenvalue weighted by molar-refractivity contribution is 6.30. The molecule has 0 saturated heterocycles. The van der Waals surface area contributed by atoms with Gasteiger partial charge in [0.2, 0.25) is 0 Å². The molecule has 0 spiro atoms. The minimum atomic E-state index is 0.291. The fraction of sp³-hybridized carbons (Fsp3) is 0.235. The molecule has 1 atom stereocenters. The number of aromatic nitrogens is 2. The van der Waals surface area contributed by atoms with E-state index in [0.29, 0.717) is 11.1 Å². The Morgan fingerprint density at radius 2 is 2.00 bits per heavy atom. The van der Waals surface area contributed by atoms with Crippen molar-refractivity contribution < 1.29 is 0 Å². The van der Waals surface area contributed by atoms with Gasteiger partial charge in [-0.05, 0) is 37.1 Å². The van der Waals surface area contributed by atoms with Gasteiger partial charge in [0, 0.05) is 25.0 Å². The molecule has 0 aliphatic rings. The quantitative estimate of drug-likeness (QED) is 0.784. The van der Waals surface area contributed by atoms with Crippen LogP contribution in [0.2, 0.25) is 5.02 Å². The molecule has 0 bridgehead atoms. The first-order valence-corrected chi connectivity index (χ1v) is 7.43. The molecule has 3 aromatic rings. The highest BCUT2D eigenvalue weighted by atomic mass is 35.5. The first-order valence-electron chi connectivity index (χ1n) is 7.05. The van der Waals surface area contributed by atoms with Crippen molar-refractivity contribution in [3.8, 4) is 0 Å². The topological polar surface area (TPSA) is 29.3 Å². The normalized spacial score (nSPS) is 12.7. The Bertz CT molecular complexity index is 764. The number of hydrogen-bond acceptors (Lipinski definition) is 2. The Morgan fingerprint density at radius 1 is 1.19 bits per heavy atom. The maximum atomic E-state index is 5.99. The summed E-state index contributed by atoms with van der Waals surface area (Å²) in [5, 5.41) is 4.24. The van der Waals surface area contributed by atoms with Gasteiger partial charge in [-0.25, -0.2) is 4.98 Å². The molecule has 0 unspecified atom stereocenters. The highest BCUT2D eigenvalue weighted by Crippen LogP contribution is 2.17. The summed E-state index contributed by atoms with van der Waals surface area (Å²) in [5.41, 5.74) is 4.56. The van der Waals surface area contributed by atoms with Crippen LogP contribution in [-0.2, 0) is 6.54 Å². The fourth-order valence-electron chi connectivity index (χ4n) is 2.54. The standard InChI is InChI=1S/C17H18ClN3/c1-12-5-3-4-6-16(12)13(2)19-9-15-11-21-10-14(18)7-8-17(21)20-15/h3-8,10-11,13,19H,9H2,1-2H3/t13-/m1/s1. The van der Waals surface area contributed by atoms with Crippen LogP contribution < -0.4 is 5.32 Å². The largest absolute Gasteiger partial charge is 0.305 e. The van der Waals surface area contributed by atoms with Gasteiger partial charge in [-0.15, -0.1) is 0 Å². The molecule has 2 aromatic heterocycles. The van der Waals surface area contributed by atoms with Crippen molar-refractivity contribution in [3.05, 3.63) is 70.6 Å². The second-order valence-corrected chi connectivity index (χ2v) is 5.74. The lowest BCUT2D eigenvalue weighted by atomic mass is 10.0. The summed E-state index contributed by atoms with van der Waals surface area (Å²) in [7, 11) is 0. The predicted molar refractivity (Wildman–Crippen MR) is 86.6 cm³/mol. The number of fused-ring (bicyclic) bond motifs is 1. The monoisotopic (exact) mass is 299 g/mol. The van der Waals surface area contributed by atoms with Crippen LogP contribution in [0.5, 0.6) is 0 Å². The Labute approximate surface area is 129 Å². The van der Waals surface area contributed by atoms with E-state index in [1.54, 1.807) is 0 Å². The molecule has 0 aliphatic heterocycles. The van der Waals surface area contributed by atoms with E-state index in [2.05, 4.69) is 48.4 Å². The zero-order chi connectivity index (χ0) is 14.8. The molecule has 0 amide bonds. The molecular formula is C17H18ClN3. The third-order valence-corrected chi connectivity index (χ3v) is 3.93. The van der Waals surface area contributed by atoms with E-state index in [1.165, 1.54) is 11.1 Å². The van der Waals surface area contributed by atoms with Gasteiger partial charge < -0.3 is 9.72 Å². The molecule has 21 heavy (non-hydrogen) atoms. The number of hydrogen-bond donors (Lipinski definition) is 1. The van der Waals surface area contributed by atoms with Crippen molar-refractivity contribution in [2.45, 2.75) is 26.4 Å². The molecule has 108 valence electrons. The first-order chi connectivity index (χ1) is 10.1. The summed E-state index contributed by atoms with van der Waals surface area (Å²) in [6.45, 7) is 5.05. The van der Waals surface area contributed by atoms with Crippen LogP contribution in [0.1, 0.15) is 29.8 Å². The van der Waals surface area contributed by atoms with E-state index in [1.807, 2.05) is 28.9 Å². The van der Waals surface area contributed by atoms with Gasteiger partial charge in [0.05, 0.1) is 10.7 Å². The van der Waals surface area contributed by atoms with Crippen LogP contribution in [0.15, 0.2) is 48.8 Å². The molecule has 4 heteroatoms. The zero-order valence-corrected chi connectivity index (χ0v) is 12.9. The van der Waals surface area contributed by atoms with Crippen LogP contribution in [0.4, 0.5) is 0 Å². The average molecular weight is 300 g/mol. The maximum Gasteiger partial charge on any atom is 0.137 e. The number of halogens is 1. The lowest BCUT2D eigenvalue weighted by Gasteiger charge is -2.15. The Hall–Kier alpha value is -1.84. The second kappa shape index (κ2) is 5.88. The summed E-state index contributed by atoms with van der Waals surface area (Å²) in [6.07, 6.45) is 3.89. The number of nitrogens with zero attached hydrogens (tertiary/aromatic N) is 2. The summed E-state index contributed by atoms with van der Waals surface area (Å²) in [4.78, 5) is 4.58. The van der Waals surface area contributed by atoms with E-state index < -0.39 is 0 Å². The predicted octanol–water partition coefficient (Wildman–Crippen LogP) is 4.15. The van der Waals surface area contributed by atoms with Crippen molar-refractivity contribution in [2.24, 2.45) is 0 Å². The van der Waals surface area contributed by atoms with Gasteiger partial charge in [0.1, 0.15) is 5.65 Å². The number of benzene rings is 1. The van der Waals surface area contributed by atoms with E-state index in [4.69, 9.17) is 11.6 Å². The molecule has 0 radical (unpaired) electrons. The van der Waals surface area contributed by atoms with Gasteiger partial charge in [0.15, 0.2) is 0 Å². The molecule has 0 fully saturated rings. The van der Waals surface area contributed by atoms with Gasteiger partial charge in [-0.3, -0.25) is 0 Å². The number of pyridine rings is 1. The lowest BCUT2D eigenvalue weighted by Crippen LogP contribution is -2.19. The molecular weight excluding hydrogens is 282 g/mol. The number of aryl methyl sites for hydroxylation is 1. The highest BCUT2D eigenvalue weighted by Gasteiger charge is 2.08. The molecule has 3 rings (SSSR count). The summed E-state index contributed by atoms with van der Waals surface area (Å²) in [6, 6.07) is 12.5. The number of imidazole rings is 1. The van der Waals surface area contributed by atoms with Crippen LogP contribution >= 0.6 is 11.6 Å². The number of nitrogens with one attached hydrogen (secondary N) is 1. The van der Waals surface area contributed by atoms with E-state index >= 15 is 0 Å². The minimum Gasteiger partial charge on any atom is -0.305 e. The van der Waals surface area contributed by atoms with Crippen molar-refractivity contribution in [2.75, 3.05) is 0 Å². The average Bonchev–Trinajstić information content (AvgIpc) is 2.87. The van der Waals surface area contributed by atoms with Crippen LogP contribution in [0.3, 0.4) is 0 Å². The van der Waals surface area contributed by atoms with Gasteiger partial charge in [-0.1, -0.05) is 35.9 Å². The maximum absolute atomic E-state index is 5.99. The summed E-state index contributed by atoms with van der Waals surface area (Å²) in [5.74, 6) is 0. The van der Waals surface area contributed by atoms with Gasteiger partial charge in [0.25, 0.3) is 0 Å². The summed E-state index contributed by atoms with van der Waals surface area (Å²) >= 11 is 5.99. The lowest BCUT2D eigenvalue weighted by molar-refractivity contribution is 0.567. The van der Waals surface area contributed by atoms with Crippen molar-refractivity contribution in [1.29, 1.82) is 0 Å². The molecule has 3 nitrogen and oxygen atoms in total. The zero-order valence-electron chi connectivity index (χ0n) is 12.2. The third kappa shape index (κ3) is 3.09. The Balaban J connectivity index is 1.73. The molecule has 1 aromatic carbocycles. The first kappa shape index (κ1) is 14.1. The van der Waals surface area contributed by atoms with Crippen LogP contribution in [0, 0.1) is 6.92 Å². The smallest absolute Gasteiger partial charge is 0.137 e. The van der Waals surface area contributed by atoms with Crippen molar-refractivity contribution >= 4 is 17.2 Å². The molecule has 2 heterocycles. The van der Waals surface area contributed by atoms with E-state index in [0.717, 1.165) is 17.9 Å². The van der Waals surface area contributed by atoms with Crippen LogP contribution in [0.25, 0.3) is 5.65 Å². The Morgan fingerprint density at radius 3 is 2.81 bits per heavy atom. The summed E-state index contributed by atoms with van der Waals surface area (Å²) < 4.78 is 1.96. The van der Waals surface area contributed by atoms with Crippen molar-refractivity contribution in [1.82, 2.24) is 14.7 Å². The van der Waals surface area contributed by atoms with E-state index in [-0.39, 0.29) is 0 Å². The van der Waals surface area contributed by atoms with Gasteiger partial charge >= 0.3 is 0 Å².